The molecule has 1 unspecified atom stereocenters. The fourth-order valence-corrected chi connectivity index (χ4v) is 2.81. The number of carbonyl (C=O) groups is 1. The SMILES string of the molecule is CC1(C)CCCN1C(=O)C(N)CCc1ccccc1. The molecule has 1 saturated heterocycles. The van der Waals surface area contributed by atoms with Gasteiger partial charge in [-0.25, -0.2) is 0 Å². The van der Waals surface area contributed by atoms with Crippen molar-refractivity contribution in [1.29, 1.82) is 0 Å². The van der Waals surface area contributed by atoms with Crippen LogP contribution in [-0.4, -0.2) is 28.9 Å². The van der Waals surface area contributed by atoms with Gasteiger partial charge in [0.05, 0.1) is 6.04 Å². The van der Waals surface area contributed by atoms with Gasteiger partial charge < -0.3 is 10.6 Å². The van der Waals surface area contributed by atoms with Crippen LogP contribution in [0.5, 0.6) is 0 Å². The van der Waals surface area contributed by atoms with Crippen LogP contribution < -0.4 is 5.73 Å². The number of hydrogen-bond acceptors (Lipinski definition) is 2. The van der Waals surface area contributed by atoms with Crippen molar-refractivity contribution in [3.63, 3.8) is 0 Å². The Balaban J connectivity index is 1.89. The predicted octanol–water partition coefficient (Wildman–Crippen LogP) is 2.35. The van der Waals surface area contributed by atoms with Crippen LogP contribution in [0.3, 0.4) is 0 Å². The van der Waals surface area contributed by atoms with E-state index in [1.165, 1.54) is 5.56 Å². The van der Waals surface area contributed by atoms with Crippen molar-refractivity contribution in [2.24, 2.45) is 5.73 Å². The topological polar surface area (TPSA) is 46.3 Å². The Kier molecular flexibility index (Phi) is 4.25. The van der Waals surface area contributed by atoms with Gasteiger partial charge in [0.1, 0.15) is 0 Å². The lowest BCUT2D eigenvalue weighted by Gasteiger charge is -2.33. The van der Waals surface area contributed by atoms with Crippen molar-refractivity contribution < 1.29 is 4.79 Å². The first kappa shape index (κ1) is 14.1. The first-order valence-corrected chi connectivity index (χ1v) is 7.12. The van der Waals surface area contributed by atoms with Gasteiger partial charge in [0.2, 0.25) is 5.91 Å². The molecule has 104 valence electrons. The molecule has 1 aliphatic rings. The van der Waals surface area contributed by atoms with Crippen molar-refractivity contribution in [2.45, 2.75) is 51.1 Å². The number of amides is 1. The second-order valence-electron chi connectivity index (χ2n) is 6.04. The van der Waals surface area contributed by atoms with Crippen molar-refractivity contribution >= 4 is 5.91 Å². The lowest BCUT2D eigenvalue weighted by atomic mass is 10.00. The zero-order valence-corrected chi connectivity index (χ0v) is 11.9. The Morgan fingerprint density at radius 3 is 2.63 bits per heavy atom. The van der Waals surface area contributed by atoms with E-state index in [2.05, 4.69) is 26.0 Å². The molecular formula is C16H24N2O. The van der Waals surface area contributed by atoms with Gasteiger partial charge in [-0.2, -0.15) is 0 Å². The van der Waals surface area contributed by atoms with Crippen molar-refractivity contribution in [2.75, 3.05) is 6.54 Å². The maximum Gasteiger partial charge on any atom is 0.239 e. The van der Waals surface area contributed by atoms with Crippen LogP contribution in [0.25, 0.3) is 0 Å². The fraction of sp³-hybridized carbons (Fsp3) is 0.562. The van der Waals surface area contributed by atoms with E-state index in [4.69, 9.17) is 5.73 Å². The molecule has 0 aromatic heterocycles. The summed E-state index contributed by atoms with van der Waals surface area (Å²) in [7, 11) is 0. The lowest BCUT2D eigenvalue weighted by Crippen LogP contribution is -2.50. The average molecular weight is 260 g/mol. The van der Waals surface area contributed by atoms with Gasteiger partial charge in [0, 0.05) is 12.1 Å². The number of rotatable bonds is 4. The Labute approximate surface area is 115 Å². The van der Waals surface area contributed by atoms with E-state index >= 15 is 0 Å². The maximum atomic E-state index is 12.4. The Morgan fingerprint density at radius 1 is 1.37 bits per heavy atom. The standard InChI is InChI=1S/C16H24N2O/c1-16(2)11-6-12-18(16)15(19)14(17)10-9-13-7-4-3-5-8-13/h3-5,7-8,14H,6,9-12,17H2,1-2H3. The van der Waals surface area contributed by atoms with Gasteiger partial charge in [-0.15, -0.1) is 0 Å². The molecule has 0 bridgehead atoms. The van der Waals surface area contributed by atoms with E-state index in [9.17, 15) is 4.79 Å². The first-order chi connectivity index (χ1) is 9.00. The molecule has 0 radical (unpaired) electrons. The number of benzene rings is 1. The third-order valence-corrected chi connectivity index (χ3v) is 4.07. The summed E-state index contributed by atoms with van der Waals surface area (Å²) in [5.41, 5.74) is 7.29. The fourth-order valence-electron chi connectivity index (χ4n) is 2.81. The minimum Gasteiger partial charge on any atom is -0.336 e. The Morgan fingerprint density at radius 2 is 2.05 bits per heavy atom. The zero-order chi connectivity index (χ0) is 13.9. The third kappa shape index (κ3) is 3.35. The second-order valence-corrected chi connectivity index (χ2v) is 6.04. The first-order valence-electron chi connectivity index (χ1n) is 7.12. The van der Waals surface area contributed by atoms with Crippen LogP contribution in [0.2, 0.25) is 0 Å². The largest absolute Gasteiger partial charge is 0.336 e. The molecule has 1 atom stereocenters. The van der Waals surface area contributed by atoms with E-state index in [-0.39, 0.29) is 17.5 Å². The lowest BCUT2D eigenvalue weighted by molar-refractivity contribution is -0.135. The van der Waals surface area contributed by atoms with Gasteiger partial charge in [-0.3, -0.25) is 4.79 Å². The van der Waals surface area contributed by atoms with E-state index < -0.39 is 0 Å². The molecule has 1 heterocycles. The smallest absolute Gasteiger partial charge is 0.239 e. The normalized spacial score (nSPS) is 19.4. The Hall–Kier alpha value is -1.35. The van der Waals surface area contributed by atoms with Crippen LogP contribution in [0.15, 0.2) is 30.3 Å². The van der Waals surface area contributed by atoms with Crippen LogP contribution in [0.1, 0.15) is 38.7 Å². The summed E-state index contributed by atoms with van der Waals surface area (Å²) < 4.78 is 0. The number of nitrogens with two attached hydrogens (primary N) is 1. The number of nitrogens with zero attached hydrogens (tertiary/aromatic N) is 1. The molecule has 1 aromatic carbocycles. The number of aryl methyl sites for hydroxylation is 1. The summed E-state index contributed by atoms with van der Waals surface area (Å²) in [5, 5.41) is 0. The zero-order valence-electron chi connectivity index (χ0n) is 11.9. The summed E-state index contributed by atoms with van der Waals surface area (Å²) in [6, 6.07) is 9.82. The number of hydrogen-bond donors (Lipinski definition) is 1. The molecule has 3 heteroatoms. The van der Waals surface area contributed by atoms with Gasteiger partial charge in [-0.1, -0.05) is 30.3 Å². The molecular weight excluding hydrogens is 236 g/mol. The third-order valence-electron chi connectivity index (χ3n) is 4.07. The summed E-state index contributed by atoms with van der Waals surface area (Å²) in [6.07, 6.45) is 3.74. The molecule has 2 rings (SSSR count). The second kappa shape index (κ2) is 5.74. The molecule has 19 heavy (non-hydrogen) atoms. The molecule has 0 aliphatic carbocycles. The van der Waals surface area contributed by atoms with Crippen LogP contribution >= 0.6 is 0 Å². The van der Waals surface area contributed by atoms with Crippen LogP contribution in [0.4, 0.5) is 0 Å². The van der Waals surface area contributed by atoms with Gasteiger partial charge >= 0.3 is 0 Å². The Bertz CT molecular complexity index is 428. The highest BCUT2D eigenvalue weighted by Gasteiger charge is 2.37. The summed E-state index contributed by atoms with van der Waals surface area (Å²) in [5.74, 6) is 0.110. The summed E-state index contributed by atoms with van der Waals surface area (Å²) in [6.45, 7) is 5.11. The molecule has 0 saturated carbocycles. The summed E-state index contributed by atoms with van der Waals surface area (Å²) >= 11 is 0. The van der Waals surface area contributed by atoms with Gasteiger partial charge in [0.25, 0.3) is 0 Å². The van der Waals surface area contributed by atoms with E-state index in [1.54, 1.807) is 0 Å². The molecule has 0 spiro atoms. The highest BCUT2D eigenvalue weighted by atomic mass is 16.2. The van der Waals surface area contributed by atoms with E-state index in [1.807, 2.05) is 23.1 Å². The monoisotopic (exact) mass is 260 g/mol. The molecule has 1 fully saturated rings. The molecule has 2 N–H and O–H groups in total. The highest BCUT2D eigenvalue weighted by Crippen LogP contribution is 2.28. The quantitative estimate of drug-likeness (QED) is 0.903. The molecule has 1 aliphatic heterocycles. The van der Waals surface area contributed by atoms with Crippen LogP contribution in [0, 0.1) is 0 Å². The van der Waals surface area contributed by atoms with E-state index in [0.29, 0.717) is 0 Å². The molecule has 1 amide bonds. The minimum absolute atomic E-state index is 0.0263. The molecule has 1 aromatic rings. The van der Waals surface area contributed by atoms with E-state index in [0.717, 1.165) is 32.2 Å². The number of likely N-dealkylation sites (tertiary alicyclic amines) is 1. The van der Waals surface area contributed by atoms with Crippen molar-refractivity contribution in [3.05, 3.63) is 35.9 Å². The maximum absolute atomic E-state index is 12.4. The number of carbonyl (C=O) groups excluding carboxylic acids is 1. The predicted molar refractivity (Wildman–Crippen MR) is 77.8 cm³/mol. The van der Waals surface area contributed by atoms with Crippen molar-refractivity contribution in [1.82, 2.24) is 4.90 Å². The average Bonchev–Trinajstić information content (AvgIpc) is 2.76. The van der Waals surface area contributed by atoms with Gasteiger partial charge in [-0.05, 0) is 45.1 Å². The summed E-state index contributed by atoms with van der Waals surface area (Å²) in [4.78, 5) is 14.3. The van der Waals surface area contributed by atoms with Crippen LogP contribution in [-0.2, 0) is 11.2 Å². The molecule has 3 nitrogen and oxygen atoms in total. The highest BCUT2D eigenvalue weighted by molar-refractivity contribution is 5.82. The van der Waals surface area contributed by atoms with Gasteiger partial charge in [0.15, 0.2) is 0 Å². The van der Waals surface area contributed by atoms with Crippen molar-refractivity contribution in [3.8, 4) is 0 Å². The minimum atomic E-state index is -0.377.